The van der Waals surface area contributed by atoms with E-state index >= 15 is 0 Å². The summed E-state index contributed by atoms with van der Waals surface area (Å²) in [5.41, 5.74) is 5.91. The van der Waals surface area contributed by atoms with Gasteiger partial charge in [0.25, 0.3) is 0 Å². The monoisotopic (exact) mass is 623 g/mol. The number of nitrogens with zero attached hydrogens (tertiary/aromatic N) is 5. The highest BCUT2D eigenvalue weighted by molar-refractivity contribution is 7.26. The lowest BCUT2D eigenvalue weighted by Gasteiger charge is -2.17. The molecule has 1 aliphatic rings. The Bertz CT molecular complexity index is 2430. The van der Waals surface area contributed by atoms with E-state index in [0.717, 1.165) is 63.3 Å². The summed E-state index contributed by atoms with van der Waals surface area (Å²) < 4.78 is 2.32. The van der Waals surface area contributed by atoms with Crippen LogP contribution in [0.5, 0.6) is 0 Å². The first-order chi connectivity index (χ1) is 23.3. The molecule has 1 unspecified atom stereocenters. The molecule has 8 aromatic rings. The Labute approximate surface area is 276 Å². The number of allylic oxidation sites excluding steroid dienone is 2. The highest BCUT2D eigenvalue weighted by Crippen LogP contribution is 2.42. The van der Waals surface area contributed by atoms with E-state index in [1.54, 1.807) is 11.3 Å². The van der Waals surface area contributed by atoms with Crippen LogP contribution in [0, 0.1) is 0 Å². The number of thiophene rings is 1. The predicted molar refractivity (Wildman–Crippen MR) is 193 cm³/mol. The van der Waals surface area contributed by atoms with Crippen molar-refractivity contribution in [3.05, 3.63) is 139 Å². The molecule has 0 saturated carbocycles. The Morgan fingerprint density at radius 2 is 1.17 bits per heavy atom. The quantitative estimate of drug-likeness (QED) is 0.179. The first kappa shape index (κ1) is 27.7. The Morgan fingerprint density at radius 1 is 0.532 bits per heavy atom. The topological polar surface area (TPSA) is 64.5 Å². The van der Waals surface area contributed by atoms with Crippen molar-refractivity contribution in [2.45, 2.75) is 25.2 Å². The standard InChI is InChI=1S/C41H29N5S/c1-4-13-27(14-5-1)35-37-36(34-32-19-11-10-12-26(32)24-25-33(34)47-37)43-38(42-35)30-20-22-31(23-21-30)41-45-39(28-15-6-2-7-16-28)44-40(46-41)29-17-8-3-9-18-29/h1-8,10-16,19-25,29H,9,17-18H2. The van der Waals surface area contributed by atoms with Crippen LogP contribution >= 0.6 is 11.3 Å². The molecule has 0 spiro atoms. The van der Waals surface area contributed by atoms with Crippen molar-refractivity contribution in [2.75, 3.05) is 0 Å². The SMILES string of the molecule is C1=CCC(c2nc(-c3ccccc3)nc(-c3ccc(-c4nc(-c5ccccc5)c5sc6ccc7ccccc7c6c5n4)cc3)n2)CC1. The van der Waals surface area contributed by atoms with E-state index in [2.05, 4.69) is 109 Å². The van der Waals surface area contributed by atoms with Crippen molar-refractivity contribution in [1.29, 1.82) is 0 Å². The average Bonchev–Trinajstić information content (AvgIpc) is 3.55. The van der Waals surface area contributed by atoms with E-state index in [4.69, 9.17) is 24.9 Å². The molecule has 6 heteroatoms. The summed E-state index contributed by atoms with van der Waals surface area (Å²) in [7, 11) is 0. The second-order valence-electron chi connectivity index (χ2n) is 12.0. The highest BCUT2D eigenvalue weighted by atomic mass is 32.1. The van der Waals surface area contributed by atoms with Gasteiger partial charge in [-0.05, 0) is 36.1 Å². The Hall–Kier alpha value is -5.59. The first-order valence-electron chi connectivity index (χ1n) is 16.0. The van der Waals surface area contributed by atoms with Crippen LogP contribution in [0.25, 0.3) is 76.5 Å². The number of benzene rings is 5. The smallest absolute Gasteiger partial charge is 0.163 e. The lowest BCUT2D eigenvalue weighted by atomic mass is 9.93. The normalized spacial score (nSPS) is 14.7. The molecule has 5 nitrogen and oxygen atoms in total. The number of hydrogen-bond donors (Lipinski definition) is 0. The van der Waals surface area contributed by atoms with Gasteiger partial charge >= 0.3 is 0 Å². The van der Waals surface area contributed by atoms with Crippen molar-refractivity contribution in [3.8, 4) is 45.4 Å². The minimum absolute atomic E-state index is 0.288. The average molecular weight is 624 g/mol. The van der Waals surface area contributed by atoms with Crippen molar-refractivity contribution in [1.82, 2.24) is 24.9 Å². The van der Waals surface area contributed by atoms with Crippen molar-refractivity contribution >= 4 is 42.4 Å². The summed E-state index contributed by atoms with van der Waals surface area (Å²) in [6, 6.07) is 41.9. The van der Waals surface area contributed by atoms with Gasteiger partial charge in [-0.2, -0.15) is 0 Å². The van der Waals surface area contributed by atoms with Gasteiger partial charge in [0, 0.05) is 38.3 Å². The molecule has 3 aromatic heterocycles. The van der Waals surface area contributed by atoms with Crippen LogP contribution < -0.4 is 0 Å². The molecule has 0 bridgehead atoms. The Morgan fingerprint density at radius 3 is 1.87 bits per heavy atom. The van der Waals surface area contributed by atoms with E-state index in [1.165, 1.54) is 20.9 Å². The second-order valence-corrected chi connectivity index (χ2v) is 13.0. The molecule has 0 radical (unpaired) electrons. The predicted octanol–water partition coefficient (Wildman–Crippen LogP) is 10.7. The molecule has 0 fully saturated rings. The zero-order chi connectivity index (χ0) is 31.2. The van der Waals surface area contributed by atoms with E-state index < -0.39 is 0 Å². The summed E-state index contributed by atoms with van der Waals surface area (Å²) in [6.45, 7) is 0. The fourth-order valence-corrected chi connectivity index (χ4v) is 7.71. The third-order valence-corrected chi connectivity index (χ3v) is 10.1. The van der Waals surface area contributed by atoms with Gasteiger partial charge in [-0.25, -0.2) is 24.9 Å². The maximum Gasteiger partial charge on any atom is 0.163 e. The molecular weight excluding hydrogens is 595 g/mol. The highest BCUT2D eigenvalue weighted by Gasteiger charge is 2.21. The van der Waals surface area contributed by atoms with Crippen LogP contribution in [0.2, 0.25) is 0 Å². The molecule has 5 aromatic carbocycles. The minimum Gasteiger partial charge on any atom is -0.226 e. The van der Waals surface area contributed by atoms with Crippen molar-refractivity contribution in [2.24, 2.45) is 0 Å². The number of aromatic nitrogens is 5. The van der Waals surface area contributed by atoms with Crippen LogP contribution in [0.1, 0.15) is 31.0 Å². The van der Waals surface area contributed by atoms with Gasteiger partial charge < -0.3 is 0 Å². The largest absolute Gasteiger partial charge is 0.226 e. The molecule has 1 aliphatic carbocycles. The number of fused-ring (bicyclic) bond motifs is 5. The maximum atomic E-state index is 5.25. The van der Waals surface area contributed by atoms with Crippen LogP contribution in [0.15, 0.2) is 133 Å². The van der Waals surface area contributed by atoms with Crippen molar-refractivity contribution < 1.29 is 0 Å². The van der Waals surface area contributed by atoms with Gasteiger partial charge in [-0.3, -0.25) is 0 Å². The molecule has 0 amide bonds. The van der Waals surface area contributed by atoms with E-state index in [9.17, 15) is 0 Å². The van der Waals surface area contributed by atoms with Crippen molar-refractivity contribution in [3.63, 3.8) is 0 Å². The van der Waals surface area contributed by atoms with Gasteiger partial charge in [0.05, 0.1) is 15.9 Å². The molecule has 0 saturated heterocycles. The summed E-state index contributed by atoms with van der Waals surface area (Å²) in [5, 5.41) is 3.61. The Kier molecular flexibility index (Phi) is 6.86. The lowest BCUT2D eigenvalue weighted by molar-refractivity contribution is 0.581. The molecule has 224 valence electrons. The summed E-state index contributed by atoms with van der Waals surface area (Å²) >= 11 is 1.76. The van der Waals surface area contributed by atoms with Gasteiger partial charge in [0.1, 0.15) is 5.82 Å². The fraction of sp³-hybridized carbons (Fsp3) is 0.0976. The fourth-order valence-electron chi connectivity index (χ4n) is 6.54. The third-order valence-electron chi connectivity index (χ3n) is 8.97. The molecule has 3 heterocycles. The second kappa shape index (κ2) is 11.6. The number of rotatable bonds is 5. The zero-order valence-corrected chi connectivity index (χ0v) is 26.4. The summed E-state index contributed by atoms with van der Waals surface area (Å²) in [4.78, 5) is 25.4. The van der Waals surface area contributed by atoms with Gasteiger partial charge in [-0.1, -0.05) is 127 Å². The molecule has 0 N–H and O–H groups in total. The molecular formula is C41H29N5S. The molecule has 0 aliphatic heterocycles. The first-order valence-corrected chi connectivity index (χ1v) is 16.8. The third kappa shape index (κ3) is 5.07. The zero-order valence-electron chi connectivity index (χ0n) is 25.5. The summed E-state index contributed by atoms with van der Waals surface area (Å²) in [5.74, 6) is 3.25. The van der Waals surface area contributed by atoms with Crippen LogP contribution in [-0.4, -0.2) is 24.9 Å². The molecule has 9 rings (SSSR count). The van der Waals surface area contributed by atoms with E-state index in [1.807, 2.05) is 24.3 Å². The lowest BCUT2D eigenvalue weighted by Crippen LogP contribution is -2.09. The van der Waals surface area contributed by atoms with Crippen LogP contribution in [-0.2, 0) is 0 Å². The van der Waals surface area contributed by atoms with Gasteiger partial charge in [-0.15, -0.1) is 11.3 Å². The van der Waals surface area contributed by atoms with Crippen LogP contribution in [0.3, 0.4) is 0 Å². The Balaban J connectivity index is 1.18. The summed E-state index contributed by atoms with van der Waals surface area (Å²) in [6.07, 6.45) is 7.54. The van der Waals surface area contributed by atoms with E-state index in [0.29, 0.717) is 17.5 Å². The van der Waals surface area contributed by atoms with E-state index in [-0.39, 0.29) is 5.92 Å². The van der Waals surface area contributed by atoms with Gasteiger partial charge in [0.15, 0.2) is 17.5 Å². The molecule has 1 atom stereocenters. The minimum atomic E-state index is 0.288. The maximum absolute atomic E-state index is 5.25. The number of hydrogen-bond acceptors (Lipinski definition) is 6. The molecule has 47 heavy (non-hydrogen) atoms. The van der Waals surface area contributed by atoms with Crippen LogP contribution in [0.4, 0.5) is 0 Å². The van der Waals surface area contributed by atoms with Gasteiger partial charge in [0.2, 0.25) is 0 Å².